The van der Waals surface area contributed by atoms with Crippen molar-refractivity contribution in [3.63, 3.8) is 0 Å². The van der Waals surface area contributed by atoms with Crippen LogP contribution in [0.5, 0.6) is 17.2 Å². The number of phenols is 1. The Morgan fingerprint density at radius 2 is 1.63 bits per heavy atom. The first kappa shape index (κ1) is 30.7. The van der Waals surface area contributed by atoms with E-state index < -0.39 is 94.7 Å². The summed E-state index contributed by atoms with van der Waals surface area (Å²) in [6, 6.07) is 2.49. The molecule has 0 saturated heterocycles. The summed E-state index contributed by atoms with van der Waals surface area (Å²) in [6.07, 6.45) is -10.7. The first-order chi connectivity index (χ1) is 17.3. The highest BCUT2D eigenvalue weighted by Gasteiger charge is 2.43. The average molecular weight is 596 g/mol. The van der Waals surface area contributed by atoms with E-state index in [4.69, 9.17) is 21.1 Å². The normalized spacial score (nSPS) is 12.4. The van der Waals surface area contributed by atoms with Gasteiger partial charge in [0.15, 0.2) is 11.5 Å². The lowest BCUT2D eigenvalue weighted by Crippen LogP contribution is -2.44. The highest BCUT2D eigenvalue weighted by molar-refractivity contribution is 7.89. The zero-order chi connectivity index (χ0) is 29.2. The minimum Gasteiger partial charge on any atom is -0.501 e. The van der Waals surface area contributed by atoms with Gasteiger partial charge in [0, 0.05) is 17.7 Å². The Balaban J connectivity index is 2.65. The maximum Gasteiger partial charge on any atom is 0.402 e. The Morgan fingerprint density at radius 1 is 1.08 bits per heavy atom. The van der Waals surface area contributed by atoms with Crippen LogP contribution in [0, 0.1) is 10.1 Å². The van der Waals surface area contributed by atoms with Crippen molar-refractivity contribution in [2.45, 2.75) is 17.2 Å². The molecule has 2 aromatic carbocycles. The van der Waals surface area contributed by atoms with E-state index in [1.807, 2.05) is 0 Å². The van der Waals surface area contributed by atoms with Crippen LogP contribution >= 0.6 is 11.6 Å². The smallest absolute Gasteiger partial charge is 0.402 e. The van der Waals surface area contributed by atoms with Gasteiger partial charge in [0.2, 0.25) is 15.8 Å². The molecule has 19 heteroatoms. The zero-order valence-corrected chi connectivity index (χ0v) is 20.5. The number of hydrogen-bond donors (Lipinski definition) is 2. The number of carbonyl (C=O) groups is 1. The van der Waals surface area contributed by atoms with E-state index in [-0.39, 0.29) is 0 Å². The van der Waals surface area contributed by atoms with Crippen molar-refractivity contribution >= 4 is 38.9 Å². The second-order valence-electron chi connectivity index (χ2n) is 7.25. The van der Waals surface area contributed by atoms with Crippen LogP contribution in [0.3, 0.4) is 0 Å². The van der Waals surface area contributed by atoms with Gasteiger partial charge >= 0.3 is 18.0 Å². The highest BCUT2D eigenvalue weighted by atomic mass is 35.5. The van der Waals surface area contributed by atoms with E-state index in [1.165, 1.54) is 0 Å². The van der Waals surface area contributed by atoms with Gasteiger partial charge in [0.25, 0.3) is 5.91 Å². The Hall–Kier alpha value is -3.51. The first-order valence-corrected chi connectivity index (χ1v) is 11.5. The molecule has 0 fully saturated rings. The van der Waals surface area contributed by atoms with Crippen LogP contribution < -0.4 is 14.8 Å². The van der Waals surface area contributed by atoms with Gasteiger partial charge in [-0.15, -0.1) is 0 Å². The number of carbonyl (C=O) groups excluding carboxylic acids is 1. The van der Waals surface area contributed by atoms with Crippen molar-refractivity contribution in [1.29, 1.82) is 0 Å². The maximum atomic E-state index is 12.9. The number of rotatable bonds is 9. The third-order valence-corrected chi connectivity index (χ3v) is 6.61. The summed E-state index contributed by atoms with van der Waals surface area (Å²) in [4.78, 5) is 21.6. The van der Waals surface area contributed by atoms with Gasteiger partial charge in [-0.05, 0) is 12.1 Å². The molecule has 0 aromatic heterocycles. The molecule has 210 valence electrons. The van der Waals surface area contributed by atoms with Gasteiger partial charge in [-0.25, -0.2) is 8.42 Å². The first-order valence-electron chi connectivity index (χ1n) is 9.68. The summed E-state index contributed by atoms with van der Waals surface area (Å²) in [5.41, 5.74) is -2.12. The summed E-state index contributed by atoms with van der Waals surface area (Å²) in [5, 5.41) is 22.2. The fourth-order valence-corrected chi connectivity index (χ4v) is 4.67. The fourth-order valence-electron chi connectivity index (χ4n) is 3.01. The number of nitro benzene ring substituents is 1. The molecule has 0 heterocycles. The maximum absolute atomic E-state index is 12.9. The molecule has 0 spiro atoms. The molecule has 0 aliphatic heterocycles. The van der Waals surface area contributed by atoms with Gasteiger partial charge < -0.3 is 19.9 Å². The number of phenolic OH excluding ortho intramolecular Hbond substituents is 1. The molecule has 0 unspecified atom stereocenters. The Bertz CT molecular complexity index is 1340. The number of anilines is 1. The third kappa shape index (κ3) is 7.29. The number of nitrogens with one attached hydrogen (secondary N) is 1. The molecule has 0 saturated carbocycles. The monoisotopic (exact) mass is 595 g/mol. The van der Waals surface area contributed by atoms with E-state index in [2.05, 4.69) is 5.32 Å². The number of amides is 1. The summed E-state index contributed by atoms with van der Waals surface area (Å²) < 4.78 is 112. The quantitative estimate of drug-likeness (QED) is 0.247. The van der Waals surface area contributed by atoms with Gasteiger partial charge in [-0.3, -0.25) is 14.9 Å². The molecule has 0 radical (unpaired) electrons. The molecule has 2 rings (SSSR count). The highest BCUT2D eigenvalue weighted by Crippen LogP contribution is 2.40. The van der Waals surface area contributed by atoms with Crippen molar-refractivity contribution in [1.82, 2.24) is 4.31 Å². The number of nitro groups is 1. The summed E-state index contributed by atoms with van der Waals surface area (Å²) in [6.45, 7) is -4.97. The van der Waals surface area contributed by atoms with Crippen LogP contribution in [-0.2, 0) is 10.0 Å². The molecule has 0 aliphatic carbocycles. The second kappa shape index (κ2) is 11.1. The van der Waals surface area contributed by atoms with E-state index in [1.54, 1.807) is 0 Å². The van der Waals surface area contributed by atoms with E-state index >= 15 is 0 Å². The van der Waals surface area contributed by atoms with E-state index in [9.17, 15) is 54.8 Å². The number of hydrogen-bond acceptors (Lipinski definition) is 8. The van der Waals surface area contributed by atoms with Gasteiger partial charge in [0.05, 0.1) is 34.7 Å². The number of methoxy groups -OCH3 is 2. The molecule has 0 atom stereocenters. The molecule has 38 heavy (non-hydrogen) atoms. The Morgan fingerprint density at radius 3 is 2.08 bits per heavy atom. The predicted octanol–water partition coefficient (Wildman–Crippen LogP) is 4.34. The number of alkyl halides is 6. The van der Waals surface area contributed by atoms with Crippen molar-refractivity contribution < 1.29 is 59.1 Å². The molecule has 1 amide bonds. The average Bonchev–Trinajstić information content (AvgIpc) is 2.77. The Labute approximate surface area is 214 Å². The van der Waals surface area contributed by atoms with Gasteiger partial charge in [-0.2, -0.15) is 30.6 Å². The Kier molecular flexibility index (Phi) is 8.95. The van der Waals surface area contributed by atoms with Crippen LogP contribution in [-0.4, -0.2) is 68.3 Å². The third-order valence-electron chi connectivity index (χ3n) is 4.55. The van der Waals surface area contributed by atoms with Gasteiger partial charge in [-0.1, -0.05) is 11.6 Å². The molecule has 2 N–H and O–H groups in total. The van der Waals surface area contributed by atoms with E-state index in [0.29, 0.717) is 18.2 Å². The van der Waals surface area contributed by atoms with Crippen LogP contribution in [0.2, 0.25) is 5.02 Å². The number of halogens is 7. The predicted molar refractivity (Wildman–Crippen MR) is 118 cm³/mol. The second-order valence-corrected chi connectivity index (χ2v) is 9.59. The molecule has 0 bridgehead atoms. The molecule has 11 nitrogen and oxygen atoms in total. The zero-order valence-electron chi connectivity index (χ0n) is 19.0. The van der Waals surface area contributed by atoms with E-state index in [0.717, 1.165) is 20.3 Å². The molecule has 0 aliphatic rings. The SMILES string of the molecule is COc1cc(S(=O)(=O)N(CC(F)(F)F)CC(F)(F)F)cc(NC(=O)c2cc(Cl)c(O)c([N+](=O)[O-])c2)c1OC. The van der Waals surface area contributed by atoms with Crippen molar-refractivity contribution in [3.05, 3.63) is 45.0 Å². The minimum absolute atomic E-state index is 0.405. The standard InChI is InChI=1S/C19H16ClF6N3O8S/c1-36-14-6-10(38(34,35)28(7-18(21,22)23)8-19(24,25)26)5-12(16(14)37-2)27-17(31)9-3-11(20)15(30)13(4-9)29(32)33/h3-6,30H,7-8H2,1-2H3,(H,27,31). The molecular formula is C19H16ClF6N3O8S. The lowest BCUT2D eigenvalue weighted by Gasteiger charge is -2.25. The van der Waals surface area contributed by atoms with Gasteiger partial charge in [0.1, 0.15) is 13.1 Å². The van der Waals surface area contributed by atoms with Crippen molar-refractivity contribution in [2.24, 2.45) is 0 Å². The lowest BCUT2D eigenvalue weighted by molar-refractivity contribution is -0.385. The van der Waals surface area contributed by atoms with Crippen LogP contribution in [0.15, 0.2) is 29.2 Å². The largest absolute Gasteiger partial charge is 0.501 e. The molecule has 2 aromatic rings. The van der Waals surface area contributed by atoms with Crippen LogP contribution in [0.1, 0.15) is 10.4 Å². The van der Waals surface area contributed by atoms with Crippen LogP contribution in [0.25, 0.3) is 0 Å². The minimum atomic E-state index is -5.52. The lowest BCUT2D eigenvalue weighted by atomic mass is 10.1. The van der Waals surface area contributed by atoms with Crippen molar-refractivity contribution in [3.8, 4) is 17.2 Å². The number of nitrogens with zero attached hydrogens (tertiary/aromatic N) is 2. The summed E-state index contributed by atoms with van der Waals surface area (Å²) in [7, 11) is -3.53. The topological polar surface area (TPSA) is 148 Å². The number of sulfonamides is 1. The van der Waals surface area contributed by atoms with Crippen LogP contribution in [0.4, 0.5) is 37.7 Å². The summed E-state index contributed by atoms with van der Waals surface area (Å²) in [5.74, 6) is -3.10. The number of benzene rings is 2. The number of ether oxygens (including phenoxy) is 2. The number of aromatic hydroxyl groups is 1. The molecular weight excluding hydrogens is 580 g/mol. The summed E-state index contributed by atoms with van der Waals surface area (Å²) >= 11 is 5.69. The van der Waals surface area contributed by atoms with Crippen molar-refractivity contribution in [2.75, 3.05) is 32.6 Å². The fraction of sp³-hybridized carbons (Fsp3) is 0.316.